The molecule has 0 spiro atoms. The minimum atomic E-state index is -0.0405. The Kier molecular flexibility index (Phi) is 5.71. The van der Waals surface area contributed by atoms with Crippen LogP contribution >= 0.6 is 11.8 Å². The van der Waals surface area contributed by atoms with Gasteiger partial charge in [0.1, 0.15) is 11.1 Å². The van der Waals surface area contributed by atoms with Gasteiger partial charge in [-0.25, -0.2) is 4.98 Å². The largest absolute Gasteiger partial charge is 0.353 e. The SMILES string of the molecule is N#Cc1cc2c(nc1SCCO[C@H]1CCCCO1)CCCC2. The van der Waals surface area contributed by atoms with Gasteiger partial charge < -0.3 is 9.47 Å². The van der Waals surface area contributed by atoms with Crippen LogP contribution in [0.4, 0.5) is 0 Å². The molecule has 2 heterocycles. The lowest BCUT2D eigenvalue weighted by atomic mass is 9.95. The summed E-state index contributed by atoms with van der Waals surface area (Å²) in [6.07, 6.45) is 7.79. The highest BCUT2D eigenvalue weighted by molar-refractivity contribution is 7.99. The monoisotopic (exact) mass is 318 g/mol. The number of nitriles is 1. The third-order valence-corrected chi connectivity index (χ3v) is 5.11. The van der Waals surface area contributed by atoms with Crippen molar-refractivity contribution in [3.05, 3.63) is 22.9 Å². The first-order valence-electron chi connectivity index (χ1n) is 8.16. The van der Waals surface area contributed by atoms with Crippen molar-refractivity contribution >= 4 is 11.8 Å². The van der Waals surface area contributed by atoms with Crippen LogP contribution in [0.15, 0.2) is 11.1 Å². The van der Waals surface area contributed by atoms with Crippen LogP contribution in [0.25, 0.3) is 0 Å². The number of aryl methyl sites for hydroxylation is 2. The number of hydrogen-bond donors (Lipinski definition) is 0. The summed E-state index contributed by atoms with van der Waals surface area (Å²) in [7, 11) is 0. The van der Waals surface area contributed by atoms with E-state index in [-0.39, 0.29) is 6.29 Å². The maximum Gasteiger partial charge on any atom is 0.157 e. The van der Waals surface area contributed by atoms with Crippen molar-refractivity contribution < 1.29 is 9.47 Å². The summed E-state index contributed by atoms with van der Waals surface area (Å²) >= 11 is 1.62. The number of ether oxygens (including phenoxy) is 2. The summed E-state index contributed by atoms with van der Waals surface area (Å²) in [4.78, 5) is 4.72. The van der Waals surface area contributed by atoms with Gasteiger partial charge in [-0.05, 0) is 56.6 Å². The number of hydrogen-bond acceptors (Lipinski definition) is 5. The van der Waals surface area contributed by atoms with E-state index in [1.807, 2.05) is 6.07 Å². The van der Waals surface area contributed by atoms with Gasteiger partial charge >= 0.3 is 0 Å². The number of pyridine rings is 1. The molecule has 5 heteroatoms. The van der Waals surface area contributed by atoms with Crippen LogP contribution in [-0.4, -0.2) is 30.2 Å². The van der Waals surface area contributed by atoms with Crippen molar-refractivity contribution in [2.24, 2.45) is 0 Å². The Morgan fingerprint density at radius 3 is 3.05 bits per heavy atom. The third kappa shape index (κ3) is 4.01. The third-order valence-electron chi connectivity index (χ3n) is 4.15. The molecule has 0 unspecified atom stereocenters. The molecule has 0 saturated carbocycles. The molecule has 118 valence electrons. The number of nitrogens with zero attached hydrogens (tertiary/aromatic N) is 2. The Morgan fingerprint density at radius 1 is 1.32 bits per heavy atom. The normalized spacial score (nSPS) is 21.1. The lowest BCUT2D eigenvalue weighted by Crippen LogP contribution is -2.23. The lowest BCUT2D eigenvalue weighted by molar-refractivity contribution is -0.158. The van der Waals surface area contributed by atoms with E-state index in [2.05, 4.69) is 6.07 Å². The molecule has 0 amide bonds. The highest BCUT2D eigenvalue weighted by Gasteiger charge is 2.16. The molecule has 1 aromatic rings. The topological polar surface area (TPSA) is 55.1 Å². The van der Waals surface area contributed by atoms with E-state index in [1.54, 1.807) is 11.8 Å². The van der Waals surface area contributed by atoms with Crippen molar-refractivity contribution in [3.63, 3.8) is 0 Å². The quantitative estimate of drug-likeness (QED) is 0.614. The van der Waals surface area contributed by atoms with E-state index < -0.39 is 0 Å². The zero-order valence-corrected chi connectivity index (χ0v) is 13.7. The Hall–Kier alpha value is -1.09. The molecule has 22 heavy (non-hydrogen) atoms. The zero-order chi connectivity index (χ0) is 15.2. The summed E-state index contributed by atoms with van der Waals surface area (Å²) in [5.41, 5.74) is 3.16. The van der Waals surface area contributed by atoms with Gasteiger partial charge in [0.15, 0.2) is 6.29 Å². The molecule has 1 saturated heterocycles. The van der Waals surface area contributed by atoms with Crippen molar-refractivity contribution in [1.29, 1.82) is 5.26 Å². The summed E-state index contributed by atoms with van der Waals surface area (Å²) in [6, 6.07) is 4.32. The molecule has 1 aliphatic heterocycles. The molecular weight excluding hydrogens is 296 g/mol. The van der Waals surface area contributed by atoms with Crippen molar-refractivity contribution in [2.75, 3.05) is 19.0 Å². The number of aromatic nitrogens is 1. The number of fused-ring (bicyclic) bond motifs is 1. The van der Waals surface area contributed by atoms with E-state index in [4.69, 9.17) is 14.5 Å². The van der Waals surface area contributed by atoms with Crippen LogP contribution in [0.5, 0.6) is 0 Å². The molecule has 1 fully saturated rings. The minimum Gasteiger partial charge on any atom is -0.353 e. The first-order chi connectivity index (χ1) is 10.9. The molecule has 1 atom stereocenters. The maximum absolute atomic E-state index is 9.33. The van der Waals surface area contributed by atoms with Gasteiger partial charge in [-0.2, -0.15) is 5.26 Å². The molecular formula is C17H22N2O2S. The Balaban J connectivity index is 1.54. The molecule has 3 rings (SSSR count). The second-order valence-corrected chi connectivity index (χ2v) is 6.86. The smallest absolute Gasteiger partial charge is 0.157 e. The summed E-state index contributed by atoms with van der Waals surface area (Å²) < 4.78 is 11.3. The molecule has 1 aromatic heterocycles. The van der Waals surface area contributed by atoms with Gasteiger partial charge in [0, 0.05) is 18.1 Å². The fourth-order valence-electron chi connectivity index (χ4n) is 2.97. The second-order valence-electron chi connectivity index (χ2n) is 5.78. The summed E-state index contributed by atoms with van der Waals surface area (Å²) in [6.45, 7) is 1.45. The van der Waals surface area contributed by atoms with Crippen LogP contribution in [0, 0.1) is 11.3 Å². The Labute approximate surface area is 136 Å². The van der Waals surface area contributed by atoms with Gasteiger partial charge in [0.25, 0.3) is 0 Å². The van der Waals surface area contributed by atoms with Crippen LogP contribution < -0.4 is 0 Å². The van der Waals surface area contributed by atoms with E-state index in [0.717, 1.165) is 43.1 Å². The molecule has 0 aromatic carbocycles. The van der Waals surface area contributed by atoms with Crippen molar-refractivity contribution in [1.82, 2.24) is 4.98 Å². The Morgan fingerprint density at radius 2 is 2.23 bits per heavy atom. The maximum atomic E-state index is 9.33. The van der Waals surface area contributed by atoms with Gasteiger partial charge in [0.2, 0.25) is 0 Å². The predicted molar refractivity (Wildman–Crippen MR) is 85.9 cm³/mol. The lowest BCUT2D eigenvalue weighted by Gasteiger charge is -2.22. The van der Waals surface area contributed by atoms with Crippen LogP contribution in [-0.2, 0) is 22.3 Å². The summed E-state index contributed by atoms with van der Waals surface area (Å²) in [5, 5.41) is 10.2. The molecule has 0 radical (unpaired) electrons. The highest BCUT2D eigenvalue weighted by atomic mass is 32.2. The van der Waals surface area contributed by atoms with E-state index >= 15 is 0 Å². The average molecular weight is 318 g/mol. The number of thioether (sulfide) groups is 1. The molecule has 2 aliphatic rings. The molecule has 0 bridgehead atoms. The molecule has 1 aliphatic carbocycles. The summed E-state index contributed by atoms with van der Waals surface area (Å²) in [5.74, 6) is 0.806. The fraction of sp³-hybridized carbons (Fsp3) is 0.647. The van der Waals surface area contributed by atoms with Crippen molar-refractivity contribution in [3.8, 4) is 6.07 Å². The van der Waals surface area contributed by atoms with E-state index in [0.29, 0.717) is 12.2 Å². The van der Waals surface area contributed by atoms with E-state index in [1.165, 1.54) is 30.5 Å². The van der Waals surface area contributed by atoms with Crippen LogP contribution in [0.2, 0.25) is 0 Å². The van der Waals surface area contributed by atoms with Crippen molar-refractivity contribution in [2.45, 2.75) is 56.3 Å². The van der Waals surface area contributed by atoms with Gasteiger partial charge in [0.05, 0.1) is 12.2 Å². The van der Waals surface area contributed by atoms with Crippen LogP contribution in [0.1, 0.15) is 48.9 Å². The molecule has 0 N–H and O–H groups in total. The minimum absolute atomic E-state index is 0.0405. The van der Waals surface area contributed by atoms with E-state index in [9.17, 15) is 5.26 Å². The highest BCUT2D eigenvalue weighted by Crippen LogP contribution is 2.27. The average Bonchev–Trinajstić information content (AvgIpc) is 2.59. The zero-order valence-electron chi connectivity index (χ0n) is 12.8. The predicted octanol–water partition coefficient (Wildman–Crippen LogP) is 3.47. The standard InChI is InChI=1S/C17H22N2O2S/c18-12-14-11-13-5-1-2-6-15(13)19-17(14)22-10-9-21-16-7-3-4-8-20-16/h11,16H,1-10H2/t16-/m0/s1. The van der Waals surface area contributed by atoms with Gasteiger partial charge in [-0.15, -0.1) is 11.8 Å². The van der Waals surface area contributed by atoms with Gasteiger partial charge in [-0.3, -0.25) is 0 Å². The molecule has 4 nitrogen and oxygen atoms in total. The van der Waals surface area contributed by atoms with Crippen LogP contribution in [0.3, 0.4) is 0 Å². The Bertz CT molecular complexity index is 550. The fourth-order valence-corrected chi connectivity index (χ4v) is 3.77. The first-order valence-corrected chi connectivity index (χ1v) is 9.14. The number of rotatable bonds is 5. The van der Waals surface area contributed by atoms with Gasteiger partial charge in [-0.1, -0.05) is 0 Å². The second kappa shape index (κ2) is 7.96. The first kappa shape index (κ1) is 15.8.